The number of amides is 2. The van der Waals surface area contributed by atoms with Crippen LogP contribution in [0.15, 0.2) is 42.6 Å². The highest BCUT2D eigenvalue weighted by atomic mass is 32.2. The molecule has 2 aromatic rings. The molecule has 3 rings (SSSR count). The highest BCUT2D eigenvalue weighted by Crippen LogP contribution is 2.27. The van der Waals surface area contributed by atoms with Gasteiger partial charge in [0.1, 0.15) is 5.82 Å². The highest BCUT2D eigenvalue weighted by molar-refractivity contribution is 7.91. The van der Waals surface area contributed by atoms with Crippen LogP contribution < -0.4 is 5.32 Å². The zero-order valence-corrected chi connectivity index (χ0v) is 16.5. The SMILES string of the molecule is COC(=O)c1ccc(CNC(=O)N2CCS(=O)(=O)CC2c2ccc(F)cc2)nc1. The van der Waals surface area contributed by atoms with E-state index in [2.05, 4.69) is 15.0 Å². The average molecular weight is 421 g/mol. The molecule has 0 radical (unpaired) electrons. The fourth-order valence-electron chi connectivity index (χ4n) is 3.05. The van der Waals surface area contributed by atoms with Crippen molar-refractivity contribution >= 4 is 21.8 Å². The normalized spacial score (nSPS) is 18.1. The molecular formula is C19H20FN3O5S. The molecule has 1 atom stereocenters. The number of pyridine rings is 1. The van der Waals surface area contributed by atoms with Crippen molar-refractivity contribution in [2.45, 2.75) is 12.6 Å². The Bertz CT molecular complexity index is 994. The Balaban J connectivity index is 1.70. The lowest BCUT2D eigenvalue weighted by molar-refractivity contribution is 0.0600. The number of carbonyl (C=O) groups excluding carboxylic acids is 2. The van der Waals surface area contributed by atoms with Crippen LogP contribution >= 0.6 is 0 Å². The molecular weight excluding hydrogens is 401 g/mol. The quantitative estimate of drug-likeness (QED) is 0.753. The van der Waals surface area contributed by atoms with Crippen LogP contribution in [0, 0.1) is 5.82 Å². The van der Waals surface area contributed by atoms with E-state index in [4.69, 9.17) is 0 Å². The molecule has 1 unspecified atom stereocenters. The minimum atomic E-state index is -3.31. The van der Waals surface area contributed by atoms with Crippen molar-refractivity contribution in [3.05, 3.63) is 65.2 Å². The van der Waals surface area contributed by atoms with E-state index in [-0.39, 0.29) is 24.6 Å². The van der Waals surface area contributed by atoms with Crippen LogP contribution in [0.1, 0.15) is 27.7 Å². The van der Waals surface area contributed by atoms with Crippen molar-refractivity contribution in [1.29, 1.82) is 0 Å². The third kappa shape index (κ3) is 5.08. The van der Waals surface area contributed by atoms with Crippen molar-refractivity contribution in [2.24, 2.45) is 0 Å². The van der Waals surface area contributed by atoms with Gasteiger partial charge in [-0.25, -0.2) is 22.4 Å². The van der Waals surface area contributed by atoms with Crippen LogP contribution in [0.5, 0.6) is 0 Å². The fraction of sp³-hybridized carbons (Fsp3) is 0.316. The first-order valence-electron chi connectivity index (χ1n) is 8.82. The summed E-state index contributed by atoms with van der Waals surface area (Å²) in [5.74, 6) is -1.31. The van der Waals surface area contributed by atoms with E-state index in [1.807, 2.05) is 0 Å². The van der Waals surface area contributed by atoms with Crippen molar-refractivity contribution in [2.75, 3.05) is 25.2 Å². The number of esters is 1. The molecule has 1 N–H and O–H groups in total. The number of halogens is 1. The van der Waals surface area contributed by atoms with Gasteiger partial charge in [-0.05, 0) is 29.8 Å². The molecule has 8 nitrogen and oxygen atoms in total. The number of methoxy groups -OCH3 is 1. The van der Waals surface area contributed by atoms with Gasteiger partial charge in [-0.3, -0.25) is 4.98 Å². The minimum Gasteiger partial charge on any atom is -0.465 e. The number of aromatic nitrogens is 1. The fourth-order valence-corrected chi connectivity index (χ4v) is 4.54. The van der Waals surface area contributed by atoms with Gasteiger partial charge in [-0.15, -0.1) is 0 Å². The highest BCUT2D eigenvalue weighted by Gasteiger charge is 2.35. The molecule has 1 aromatic carbocycles. The minimum absolute atomic E-state index is 0.0327. The van der Waals surface area contributed by atoms with E-state index in [9.17, 15) is 22.4 Å². The number of hydrogen-bond donors (Lipinski definition) is 1. The number of hydrogen-bond acceptors (Lipinski definition) is 6. The zero-order chi connectivity index (χ0) is 21.0. The van der Waals surface area contributed by atoms with E-state index in [1.54, 1.807) is 6.07 Å². The molecule has 1 aromatic heterocycles. The summed E-state index contributed by atoms with van der Waals surface area (Å²) >= 11 is 0. The van der Waals surface area contributed by atoms with Gasteiger partial charge in [-0.2, -0.15) is 0 Å². The predicted molar refractivity (Wildman–Crippen MR) is 102 cm³/mol. The summed E-state index contributed by atoms with van der Waals surface area (Å²) in [6, 6.07) is 7.40. The second-order valence-corrected chi connectivity index (χ2v) is 8.79. The summed E-state index contributed by atoms with van der Waals surface area (Å²) in [5.41, 5.74) is 1.36. The largest absolute Gasteiger partial charge is 0.465 e. The smallest absolute Gasteiger partial charge is 0.339 e. The van der Waals surface area contributed by atoms with Crippen LogP contribution in [0.25, 0.3) is 0 Å². The van der Waals surface area contributed by atoms with Crippen molar-refractivity contribution in [3.8, 4) is 0 Å². The third-order valence-corrected chi connectivity index (χ3v) is 6.24. The van der Waals surface area contributed by atoms with E-state index in [0.717, 1.165) is 0 Å². The number of nitrogens with zero attached hydrogens (tertiary/aromatic N) is 2. The van der Waals surface area contributed by atoms with Crippen LogP contribution in [-0.4, -0.2) is 55.5 Å². The lowest BCUT2D eigenvalue weighted by Gasteiger charge is -2.35. The van der Waals surface area contributed by atoms with E-state index < -0.39 is 33.7 Å². The van der Waals surface area contributed by atoms with Gasteiger partial charge in [0.25, 0.3) is 0 Å². The molecule has 1 aliphatic heterocycles. The topological polar surface area (TPSA) is 106 Å². The number of rotatable bonds is 4. The number of urea groups is 1. The molecule has 0 spiro atoms. The maximum atomic E-state index is 13.2. The Morgan fingerprint density at radius 3 is 2.59 bits per heavy atom. The molecule has 1 saturated heterocycles. The van der Waals surface area contributed by atoms with Gasteiger partial charge in [0.2, 0.25) is 0 Å². The Kier molecular flexibility index (Phi) is 6.12. The first-order chi connectivity index (χ1) is 13.8. The molecule has 0 aliphatic carbocycles. The lowest BCUT2D eigenvalue weighted by atomic mass is 10.1. The Morgan fingerprint density at radius 1 is 1.24 bits per heavy atom. The van der Waals surface area contributed by atoms with Crippen molar-refractivity contribution in [3.63, 3.8) is 0 Å². The molecule has 0 saturated carbocycles. The molecule has 0 bridgehead atoms. The predicted octanol–water partition coefficient (Wildman–Crippen LogP) is 1.69. The summed E-state index contributed by atoms with van der Waals surface area (Å²) < 4.78 is 42.0. The summed E-state index contributed by atoms with van der Waals surface area (Å²) in [6.07, 6.45) is 1.35. The summed E-state index contributed by atoms with van der Waals surface area (Å²) in [7, 11) is -2.04. The molecule has 10 heteroatoms. The molecule has 1 aliphatic rings. The Labute approximate surface area is 167 Å². The number of nitrogens with one attached hydrogen (secondary N) is 1. The van der Waals surface area contributed by atoms with Crippen LogP contribution in [0.3, 0.4) is 0 Å². The number of carbonyl (C=O) groups is 2. The van der Waals surface area contributed by atoms with E-state index >= 15 is 0 Å². The summed E-state index contributed by atoms with van der Waals surface area (Å²) in [6.45, 7) is 0.130. The molecule has 2 amide bonds. The van der Waals surface area contributed by atoms with Crippen LogP contribution in [0.4, 0.5) is 9.18 Å². The maximum absolute atomic E-state index is 13.2. The summed E-state index contributed by atoms with van der Waals surface area (Å²) in [5, 5.41) is 2.71. The van der Waals surface area contributed by atoms with Crippen LogP contribution in [0.2, 0.25) is 0 Å². The monoisotopic (exact) mass is 421 g/mol. The Hall–Kier alpha value is -3.01. The number of benzene rings is 1. The lowest BCUT2D eigenvalue weighted by Crippen LogP contribution is -2.49. The standard InChI is InChI=1S/C19H20FN3O5S/c1-28-18(24)14-4-7-16(21-10-14)11-22-19(25)23-8-9-29(26,27)12-17(23)13-2-5-15(20)6-3-13/h2-7,10,17H,8-9,11-12H2,1H3,(H,22,25). The molecule has 2 heterocycles. The second-order valence-electron chi connectivity index (χ2n) is 6.56. The molecule has 1 fully saturated rings. The second kappa shape index (κ2) is 8.56. The molecule has 154 valence electrons. The summed E-state index contributed by atoms with van der Waals surface area (Å²) in [4.78, 5) is 29.7. The van der Waals surface area contributed by atoms with Gasteiger partial charge < -0.3 is 15.0 Å². The van der Waals surface area contributed by atoms with Crippen molar-refractivity contribution in [1.82, 2.24) is 15.2 Å². The Morgan fingerprint density at radius 2 is 1.97 bits per heavy atom. The molecule has 29 heavy (non-hydrogen) atoms. The van der Waals surface area contributed by atoms with Gasteiger partial charge in [0.05, 0.1) is 42.5 Å². The van der Waals surface area contributed by atoms with E-state index in [0.29, 0.717) is 16.8 Å². The number of ether oxygens (including phenoxy) is 1. The first-order valence-corrected chi connectivity index (χ1v) is 10.6. The third-order valence-electron chi connectivity index (χ3n) is 4.61. The van der Waals surface area contributed by atoms with E-state index in [1.165, 1.54) is 48.5 Å². The zero-order valence-electron chi connectivity index (χ0n) is 15.7. The maximum Gasteiger partial charge on any atom is 0.339 e. The van der Waals surface area contributed by atoms with Crippen molar-refractivity contribution < 1.29 is 27.1 Å². The van der Waals surface area contributed by atoms with Gasteiger partial charge in [0.15, 0.2) is 9.84 Å². The van der Waals surface area contributed by atoms with Gasteiger partial charge in [0, 0.05) is 12.7 Å². The van der Waals surface area contributed by atoms with Crippen LogP contribution in [-0.2, 0) is 21.1 Å². The number of sulfone groups is 1. The first kappa shape index (κ1) is 20.7. The van der Waals surface area contributed by atoms with Gasteiger partial charge >= 0.3 is 12.0 Å². The van der Waals surface area contributed by atoms with Gasteiger partial charge in [-0.1, -0.05) is 12.1 Å². The average Bonchev–Trinajstić information content (AvgIpc) is 2.71.